The van der Waals surface area contributed by atoms with E-state index in [0.29, 0.717) is 24.6 Å². The fraction of sp³-hybridized carbons (Fsp3) is 0.522. The van der Waals surface area contributed by atoms with Crippen molar-refractivity contribution in [2.24, 2.45) is 0 Å². The fourth-order valence-corrected chi connectivity index (χ4v) is 3.75. The second-order valence-corrected chi connectivity index (χ2v) is 7.96. The summed E-state index contributed by atoms with van der Waals surface area (Å²) in [6, 6.07) is 10.0. The molecule has 0 bridgehead atoms. The van der Waals surface area contributed by atoms with Crippen molar-refractivity contribution in [2.45, 2.75) is 72.0 Å². The highest BCUT2D eigenvalue weighted by molar-refractivity contribution is 5.97. The fourth-order valence-electron chi connectivity index (χ4n) is 3.75. The number of aromatic nitrogens is 2. The van der Waals surface area contributed by atoms with Crippen molar-refractivity contribution in [2.75, 3.05) is 6.54 Å². The lowest BCUT2D eigenvalue weighted by Crippen LogP contribution is -2.38. The Balaban J connectivity index is 1.89. The molecule has 3 rings (SSSR count). The van der Waals surface area contributed by atoms with Crippen LogP contribution >= 0.6 is 0 Å². The van der Waals surface area contributed by atoms with Crippen LogP contribution < -0.4 is 5.32 Å². The molecule has 2 heterocycles. The van der Waals surface area contributed by atoms with Crippen molar-refractivity contribution in [3.63, 3.8) is 0 Å². The predicted octanol–water partition coefficient (Wildman–Crippen LogP) is 3.80. The summed E-state index contributed by atoms with van der Waals surface area (Å²) in [6.07, 6.45) is 4.77. The first-order chi connectivity index (χ1) is 14.0. The number of carbonyl (C=O) groups is 2. The highest BCUT2D eigenvalue weighted by Gasteiger charge is 2.30. The summed E-state index contributed by atoms with van der Waals surface area (Å²) in [5.74, 6) is 0.117. The van der Waals surface area contributed by atoms with Crippen molar-refractivity contribution in [3.05, 3.63) is 53.1 Å². The lowest BCUT2D eigenvalue weighted by atomic mass is 10.1. The van der Waals surface area contributed by atoms with Crippen molar-refractivity contribution < 1.29 is 9.59 Å². The summed E-state index contributed by atoms with van der Waals surface area (Å²) in [7, 11) is 0. The van der Waals surface area contributed by atoms with E-state index in [0.717, 1.165) is 49.9 Å². The zero-order valence-corrected chi connectivity index (χ0v) is 17.8. The van der Waals surface area contributed by atoms with Crippen molar-refractivity contribution in [1.82, 2.24) is 19.8 Å². The van der Waals surface area contributed by atoms with Gasteiger partial charge in [-0.3, -0.25) is 9.59 Å². The molecule has 1 aliphatic heterocycles. The predicted molar refractivity (Wildman–Crippen MR) is 114 cm³/mol. The Labute approximate surface area is 173 Å². The third-order valence-corrected chi connectivity index (χ3v) is 5.42. The number of hydrogen-bond acceptors (Lipinski definition) is 3. The van der Waals surface area contributed by atoms with Gasteiger partial charge in [0.05, 0.1) is 5.69 Å². The maximum atomic E-state index is 13.5. The number of unbranched alkanes of at least 4 members (excludes halogenated alkanes) is 1. The maximum absolute atomic E-state index is 13.5. The second-order valence-electron chi connectivity index (χ2n) is 7.96. The Bertz CT molecular complexity index is 842. The van der Waals surface area contributed by atoms with Gasteiger partial charge in [0, 0.05) is 25.7 Å². The average Bonchev–Trinajstić information content (AvgIpc) is 3.12. The minimum absolute atomic E-state index is 0.0288. The smallest absolute Gasteiger partial charge is 0.290 e. The number of nitrogens with zero attached hydrogens (tertiary/aromatic N) is 3. The molecule has 0 saturated heterocycles. The third kappa shape index (κ3) is 4.86. The molecule has 1 aliphatic rings. The Kier molecular flexibility index (Phi) is 7.07. The number of carbonyl (C=O) groups excluding carboxylic acids is 2. The van der Waals surface area contributed by atoms with E-state index in [1.807, 2.05) is 53.6 Å². The standard InChI is InChI=1S/C23H32N4O2/c1-4-5-14-24-22(28)20-19-13-9-10-15-26(19)21(25-20)23(29)27(17(2)3)16-18-11-7-6-8-12-18/h6-8,11-12,17H,4-5,9-10,13-16H2,1-3H3,(H,24,28). The van der Waals surface area contributed by atoms with E-state index in [4.69, 9.17) is 0 Å². The number of nitrogens with one attached hydrogen (secondary N) is 1. The van der Waals surface area contributed by atoms with E-state index >= 15 is 0 Å². The summed E-state index contributed by atoms with van der Waals surface area (Å²) in [6.45, 7) is 8.02. The van der Waals surface area contributed by atoms with Crippen LogP contribution in [0.2, 0.25) is 0 Å². The number of imidazole rings is 1. The number of rotatable bonds is 8. The van der Waals surface area contributed by atoms with Crippen LogP contribution in [0.25, 0.3) is 0 Å². The minimum atomic E-state index is -0.165. The number of benzene rings is 1. The van der Waals surface area contributed by atoms with Crippen molar-refractivity contribution >= 4 is 11.8 Å². The molecular weight excluding hydrogens is 364 g/mol. The van der Waals surface area contributed by atoms with Gasteiger partial charge in [0.15, 0.2) is 5.82 Å². The van der Waals surface area contributed by atoms with Crippen LogP contribution in [0.15, 0.2) is 30.3 Å². The van der Waals surface area contributed by atoms with E-state index in [9.17, 15) is 9.59 Å². The van der Waals surface area contributed by atoms with Gasteiger partial charge in [-0.05, 0) is 45.1 Å². The highest BCUT2D eigenvalue weighted by atomic mass is 16.2. The monoisotopic (exact) mass is 396 g/mol. The molecule has 0 saturated carbocycles. The van der Waals surface area contributed by atoms with Crippen molar-refractivity contribution in [3.8, 4) is 0 Å². The van der Waals surface area contributed by atoms with Gasteiger partial charge in [-0.2, -0.15) is 0 Å². The van der Waals surface area contributed by atoms with E-state index in [1.165, 1.54) is 0 Å². The van der Waals surface area contributed by atoms with Gasteiger partial charge < -0.3 is 14.8 Å². The zero-order valence-electron chi connectivity index (χ0n) is 17.8. The van der Waals surface area contributed by atoms with Crippen LogP contribution in [-0.4, -0.2) is 38.9 Å². The van der Waals surface area contributed by atoms with Gasteiger partial charge in [-0.25, -0.2) is 4.98 Å². The van der Waals surface area contributed by atoms with Gasteiger partial charge in [0.1, 0.15) is 5.69 Å². The van der Waals surface area contributed by atoms with Crippen LogP contribution in [0.3, 0.4) is 0 Å². The summed E-state index contributed by atoms with van der Waals surface area (Å²) >= 11 is 0. The van der Waals surface area contributed by atoms with Gasteiger partial charge in [0.2, 0.25) is 0 Å². The summed E-state index contributed by atoms with van der Waals surface area (Å²) < 4.78 is 1.97. The number of hydrogen-bond donors (Lipinski definition) is 1. The Morgan fingerprint density at radius 2 is 1.97 bits per heavy atom. The molecular formula is C23H32N4O2. The molecule has 1 aromatic carbocycles. The molecule has 29 heavy (non-hydrogen) atoms. The van der Waals surface area contributed by atoms with E-state index in [-0.39, 0.29) is 17.9 Å². The Morgan fingerprint density at radius 1 is 1.21 bits per heavy atom. The molecule has 6 heteroatoms. The molecule has 0 radical (unpaired) electrons. The van der Waals surface area contributed by atoms with Gasteiger partial charge >= 0.3 is 0 Å². The lowest BCUT2D eigenvalue weighted by molar-refractivity contribution is 0.0671. The van der Waals surface area contributed by atoms with Crippen molar-refractivity contribution in [1.29, 1.82) is 0 Å². The molecule has 6 nitrogen and oxygen atoms in total. The first kappa shape index (κ1) is 21.1. The average molecular weight is 397 g/mol. The highest BCUT2D eigenvalue weighted by Crippen LogP contribution is 2.23. The summed E-state index contributed by atoms with van der Waals surface area (Å²) in [5, 5.41) is 2.95. The topological polar surface area (TPSA) is 67.2 Å². The third-order valence-electron chi connectivity index (χ3n) is 5.42. The zero-order chi connectivity index (χ0) is 20.8. The summed E-state index contributed by atoms with van der Waals surface area (Å²) in [4.78, 5) is 32.6. The minimum Gasteiger partial charge on any atom is -0.351 e. The first-order valence-electron chi connectivity index (χ1n) is 10.8. The largest absolute Gasteiger partial charge is 0.351 e. The molecule has 0 unspecified atom stereocenters. The van der Waals surface area contributed by atoms with E-state index in [1.54, 1.807) is 0 Å². The van der Waals surface area contributed by atoms with Crippen LogP contribution in [0, 0.1) is 0 Å². The molecule has 2 amide bonds. The number of amides is 2. The normalized spacial score (nSPS) is 13.2. The molecule has 0 spiro atoms. The molecule has 0 atom stereocenters. The van der Waals surface area contributed by atoms with Gasteiger partial charge in [-0.15, -0.1) is 0 Å². The molecule has 1 N–H and O–H groups in total. The van der Waals surface area contributed by atoms with Crippen LogP contribution in [0.4, 0.5) is 0 Å². The van der Waals surface area contributed by atoms with Crippen LogP contribution in [-0.2, 0) is 19.5 Å². The molecule has 0 fully saturated rings. The Hall–Kier alpha value is -2.63. The van der Waals surface area contributed by atoms with E-state index < -0.39 is 0 Å². The van der Waals surface area contributed by atoms with Gasteiger partial charge in [0.25, 0.3) is 11.8 Å². The maximum Gasteiger partial charge on any atom is 0.290 e. The van der Waals surface area contributed by atoms with Gasteiger partial charge in [-0.1, -0.05) is 43.7 Å². The molecule has 1 aromatic heterocycles. The molecule has 0 aliphatic carbocycles. The quantitative estimate of drug-likeness (QED) is 0.690. The summed E-state index contributed by atoms with van der Waals surface area (Å²) in [5.41, 5.74) is 2.40. The van der Waals surface area contributed by atoms with Crippen LogP contribution in [0.1, 0.15) is 78.8 Å². The molecule has 156 valence electrons. The Morgan fingerprint density at radius 3 is 2.66 bits per heavy atom. The second kappa shape index (κ2) is 9.72. The lowest BCUT2D eigenvalue weighted by Gasteiger charge is -2.27. The number of fused-ring (bicyclic) bond motifs is 1. The van der Waals surface area contributed by atoms with Crippen LogP contribution in [0.5, 0.6) is 0 Å². The van der Waals surface area contributed by atoms with E-state index in [2.05, 4.69) is 17.2 Å². The first-order valence-corrected chi connectivity index (χ1v) is 10.8. The SMILES string of the molecule is CCCCNC(=O)c1nc(C(=O)N(Cc2ccccc2)C(C)C)n2c1CCCC2. The molecule has 2 aromatic rings.